The van der Waals surface area contributed by atoms with Crippen molar-refractivity contribution in [3.63, 3.8) is 0 Å². The monoisotopic (exact) mass is 367 g/mol. The number of thiazole rings is 1. The molecule has 0 spiro atoms. The van der Waals surface area contributed by atoms with Gasteiger partial charge in [-0.25, -0.2) is 18.2 Å². The van der Waals surface area contributed by atoms with Crippen molar-refractivity contribution in [3.8, 4) is 0 Å². The fourth-order valence-electron chi connectivity index (χ4n) is 3.75. The second kappa shape index (κ2) is 6.96. The van der Waals surface area contributed by atoms with E-state index in [0.717, 1.165) is 37.4 Å². The van der Waals surface area contributed by atoms with E-state index in [1.165, 1.54) is 17.7 Å². The maximum Gasteiger partial charge on any atom is 0.185 e. The van der Waals surface area contributed by atoms with Crippen LogP contribution in [0.1, 0.15) is 35.6 Å². The lowest BCUT2D eigenvalue weighted by Crippen LogP contribution is -2.19. The first-order chi connectivity index (χ1) is 12.1. The summed E-state index contributed by atoms with van der Waals surface area (Å²) in [4.78, 5) is 10.2. The number of hydrogen-bond donors (Lipinski definition) is 0. The maximum atomic E-state index is 14.0. The summed E-state index contributed by atoms with van der Waals surface area (Å²) in [7, 11) is 0. The van der Waals surface area contributed by atoms with Gasteiger partial charge in [-0.05, 0) is 37.4 Å². The Morgan fingerprint density at radius 1 is 1.12 bits per heavy atom. The minimum absolute atomic E-state index is 0.155. The van der Waals surface area contributed by atoms with Gasteiger partial charge in [0.05, 0.1) is 0 Å². The Morgan fingerprint density at radius 3 is 2.72 bits per heavy atom. The molecule has 0 saturated carbocycles. The molecule has 0 N–H and O–H groups in total. The van der Waals surface area contributed by atoms with Crippen LogP contribution in [-0.2, 0) is 6.54 Å². The summed E-state index contributed by atoms with van der Waals surface area (Å²) in [6.45, 7) is 4.30. The van der Waals surface area contributed by atoms with Gasteiger partial charge in [-0.15, -0.1) is 11.3 Å². The normalized spacial score (nSPS) is 21.4. The third-order valence-corrected chi connectivity index (χ3v) is 6.07. The average molecular weight is 367 g/mol. The number of likely N-dealkylation sites (tertiary alicyclic amines) is 1. The lowest BCUT2D eigenvalue weighted by molar-refractivity contribution is 0.328. The number of anilines is 1. The molecule has 2 fully saturated rings. The summed E-state index contributed by atoms with van der Waals surface area (Å²) in [6, 6.07) is 1.73. The van der Waals surface area contributed by atoms with Crippen LogP contribution in [-0.4, -0.2) is 36.1 Å². The van der Waals surface area contributed by atoms with Crippen molar-refractivity contribution in [3.05, 3.63) is 46.2 Å². The molecule has 0 amide bonds. The van der Waals surface area contributed by atoms with Crippen molar-refractivity contribution in [2.45, 2.75) is 31.7 Å². The molecule has 3 heterocycles. The molecule has 4 rings (SSSR count). The van der Waals surface area contributed by atoms with Gasteiger partial charge in [0, 0.05) is 49.2 Å². The van der Waals surface area contributed by atoms with Gasteiger partial charge in [0.1, 0.15) is 5.82 Å². The van der Waals surface area contributed by atoms with Crippen LogP contribution >= 0.6 is 11.3 Å². The van der Waals surface area contributed by atoms with Crippen molar-refractivity contribution in [2.75, 3.05) is 31.1 Å². The summed E-state index contributed by atoms with van der Waals surface area (Å²) in [5, 5.41) is 1.07. The highest BCUT2D eigenvalue weighted by molar-refractivity contribution is 7.15. The van der Waals surface area contributed by atoms with E-state index in [4.69, 9.17) is 0 Å². The van der Waals surface area contributed by atoms with Crippen LogP contribution < -0.4 is 4.90 Å². The fraction of sp³-hybridized carbons (Fsp3) is 0.500. The van der Waals surface area contributed by atoms with Crippen LogP contribution in [0, 0.1) is 17.5 Å². The van der Waals surface area contributed by atoms with Gasteiger partial charge in [-0.3, -0.25) is 4.90 Å². The van der Waals surface area contributed by atoms with E-state index < -0.39 is 17.5 Å². The SMILES string of the molecule is Fc1cc(F)c(F)c(C2CCN(Cc3cnc(N4CCCC4)s3)C2)c1. The molecule has 2 aliphatic rings. The van der Waals surface area contributed by atoms with E-state index in [2.05, 4.69) is 14.8 Å². The highest BCUT2D eigenvalue weighted by Crippen LogP contribution is 2.33. The van der Waals surface area contributed by atoms with Gasteiger partial charge in [-0.1, -0.05) is 0 Å². The molecule has 0 radical (unpaired) electrons. The molecule has 25 heavy (non-hydrogen) atoms. The van der Waals surface area contributed by atoms with Crippen molar-refractivity contribution >= 4 is 16.5 Å². The molecular formula is C18H20F3N3S. The number of aromatic nitrogens is 1. The van der Waals surface area contributed by atoms with Crippen LogP contribution in [0.15, 0.2) is 18.3 Å². The Kier molecular flexibility index (Phi) is 4.69. The number of rotatable bonds is 4. The van der Waals surface area contributed by atoms with Crippen molar-refractivity contribution in [1.82, 2.24) is 9.88 Å². The molecule has 0 bridgehead atoms. The Balaban J connectivity index is 1.41. The minimum atomic E-state index is -1.11. The van der Waals surface area contributed by atoms with E-state index in [1.54, 1.807) is 11.3 Å². The Bertz CT molecular complexity index is 758. The number of halogens is 3. The quantitative estimate of drug-likeness (QED) is 0.757. The van der Waals surface area contributed by atoms with Gasteiger partial charge in [0.2, 0.25) is 0 Å². The number of nitrogens with zero attached hydrogens (tertiary/aromatic N) is 3. The molecule has 7 heteroatoms. The number of benzene rings is 1. The second-order valence-corrected chi connectivity index (χ2v) is 7.91. The minimum Gasteiger partial charge on any atom is -0.348 e. The Hall–Kier alpha value is -1.60. The average Bonchev–Trinajstić information content (AvgIpc) is 3.32. The number of hydrogen-bond acceptors (Lipinski definition) is 4. The van der Waals surface area contributed by atoms with Crippen molar-refractivity contribution < 1.29 is 13.2 Å². The second-order valence-electron chi connectivity index (χ2n) is 6.81. The van der Waals surface area contributed by atoms with Crippen LogP contribution in [0.2, 0.25) is 0 Å². The third-order valence-electron chi connectivity index (χ3n) is 5.03. The topological polar surface area (TPSA) is 19.4 Å². The van der Waals surface area contributed by atoms with Crippen LogP contribution in [0.4, 0.5) is 18.3 Å². The zero-order chi connectivity index (χ0) is 17.4. The fourth-order valence-corrected chi connectivity index (χ4v) is 4.75. The van der Waals surface area contributed by atoms with Gasteiger partial charge in [0.25, 0.3) is 0 Å². The first kappa shape index (κ1) is 16.8. The van der Waals surface area contributed by atoms with E-state index in [1.807, 2.05) is 6.20 Å². The van der Waals surface area contributed by atoms with Crippen LogP contribution in [0.25, 0.3) is 0 Å². The van der Waals surface area contributed by atoms with Gasteiger partial charge in [0.15, 0.2) is 16.8 Å². The summed E-state index contributed by atoms with van der Waals surface area (Å²) in [5.41, 5.74) is 0.155. The lowest BCUT2D eigenvalue weighted by Gasteiger charge is -2.16. The molecule has 3 nitrogen and oxygen atoms in total. The predicted molar refractivity (Wildman–Crippen MR) is 92.5 cm³/mol. The third kappa shape index (κ3) is 3.53. The summed E-state index contributed by atoms with van der Waals surface area (Å²) in [5.74, 6) is -2.91. The van der Waals surface area contributed by atoms with Crippen molar-refractivity contribution in [2.24, 2.45) is 0 Å². The Labute approximate surface area is 149 Å². The summed E-state index contributed by atoms with van der Waals surface area (Å²) in [6.07, 6.45) is 5.06. The zero-order valence-electron chi connectivity index (χ0n) is 13.9. The zero-order valence-corrected chi connectivity index (χ0v) is 14.7. The largest absolute Gasteiger partial charge is 0.348 e. The molecule has 134 valence electrons. The van der Waals surface area contributed by atoms with Crippen molar-refractivity contribution in [1.29, 1.82) is 0 Å². The summed E-state index contributed by atoms with van der Waals surface area (Å²) >= 11 is 1.70. The molecule has 2 aliphatic heterocycles. The van der Waals surface area contributed by atoms with E-state index >= 15 is 0 Å². The molecule has 1 unspecified atom stereocenters. The smallest absolute Gasteiger partial charge is 0.185 e. The van der Waals surface area contributed by atoms with Gasteiger partial charge in [-0.2, -0.15) is 0 Å². The first-order valence-corrected chi connectivity index (χ1v) is 9.48. The molecule has 1 aromatic heterocycles. The molecular weight excluding hydrogens is 347 g/mol. The highest BCUT2D eigenvalue weighted by Gasteiger charge is 2.28. The summed E-state index contributed by atoms with van der Waals surface area (Å²) < 4.78 is 40.9. The lowest BCUT2D eigenvalue weighted by atomic mass is 9.97. The first-order valence-electron chi connectivity index (χ1n) is 8.66. The van der Waals surface area contributed by atoms with E-state index in [9.17, 15) is 13.2 Å². The molecule has 2 aromatic rings. The molecule has 2 saturated heterocycles. The van der Waals surface area contributed by atoms with Crippen LogP contribution in [0.5, 0.6) is 0 Å². The van der Waals surface area contributed by atoms with Gasteiger partial charge < -0.3 is 4.90 Å². The van der Waals surface area contributed by atoms with Crippen LogP contribution in [0.3, 0.4) is 0 Å². The van der Waals surface area contributed by atoms with E-state index in [-0.39, 0.29) is 11.5 Å². The molecule has 1 atom stereocenters. The Morgan fingerprint density at radius 2 is 1.92 bits per heavy atom. The highest BCUT2D eigenvalue weighted by atomic mass is 32.1. The predicted octanol–water partition coefficient (Wildman–Crippen LogP) is 4.15. The van der Waals surface area contributed by atoms with E-state index in [0.29, 0.717) is 19.0 Å². The maximum absolute atomic E-state index is 14.0. The molecule has 0 aliphatic carbocycles. The standard InChI is InChI=1S/C18H20F3N3S/c19-13-7-15(17(21)16(20)8-13)12-3-6-23(10-12)11-14-9-22-18(25-14)24-4-1-2-5-24/h7-9,12H,1-6,10-11H2. The molecule has 1 aromatic carbocycles. The van der Waals surface area contributed by atoms with Gasteiger partial charge >= 0.3 is 0 Å².